The first kappa shape index (κ1) is 23.0. The molecular weight excluding hydrogens is 430 g/mol. The van der Waals surface area contributed by atoms with Gasteiger partial charge in [-0.3, -0.25) is 14.4 Å². The second-order valence-electron chi connectivity index (χ2n) is 7.01. The molecule has 10 heteroatoms. The first-order chi connectivity index (χ1) is 15.3. The fourth-order valence-electron chi connectivity index (χ4n) is 3.40. The second kappa shape index (κ2) is 10.1. The number of esters is 1. The van der Waals surface area contributed by atoms with Gasteiger partial charge in [0.15, 0.2) is 10.9 Å². The van der Waals surface area contributed by atoms with Gasteiger partial charge in [-0.15, -0.1) is 11.3 Å². The van der Waals surface area contributed by atoms with Crippen molar-refractivity contribution in [2.24, 2.45) is 0 Å². The Morgan fingerprint density at radius 2 is 1.81 bits per heavy atom. The maximum atomic E-state index is 12.8. The molecule has 3 rings (SSSR count). The Hall–Kier alpha value is -3.71. The van der Waals surface area contributed by atoms with Crippen LogP contribution in [0.4, 0.5) is 16.5 Å². The smallest absolute Gasteiger partial charge is 0.311 e. The molecule has 0 spiro atoms. The minimum atomic E-state index is -0.411. The molecule has 0 saturated carbocycles. The highest BCUT2D eigenvalue weighted by Gasteiger charge is 2.31. The van der Waals surface area contributed by atoms with Crippen LogP contribution in [-0.4, -0.2) is 43.3 Å². The molecule has 0 fully saturated rings. The van der Waals surface area contributed by atoms with Gasteiger partial charge in [0.25, 0.3) is 0 Å². The number of anilines is 3. The first-order valence-corrected chi connectivity index (χ1v) is 10.9. The van der Waals surface area contributed by atoms with E-state index in [1.54, 1.807) is 36.2 Å². The predicted octanol–water partition coefficient (Wildman–Crippen LogP) is 2.86. The van der Waals surface area contributed by atoms with Crippen LogP contribution in [0, 0.1) is 11.3 Å². The summed E-state index contributed by atoms with van der Waals surface area (Å²) in [7, 11) is 3.59. The normalized spacial score (nSPS) is 12.2. The molecule has 0 atom stereocenters. The number of nitriles is 1. The molecule has 1 aliphatic rings. The number of nitrogens with zero attached hydrogens (tertiary/aromatic N) is 4. The third-order valence-electron chi connectivity index (χ3n) is 4.86. The number of Topliss-reactive ketones (excluding diaryl/α,β-unsaturated/α-hetero) is 1. The first-order valence-electron chi connectivity index (χ1n) is 9.99. The number of carbonyl (C=O) groups excluding carboxylic acids is 3. The van der Waals surface area contributed by atoms with E-state index in [0.717, 1.165) is 11.4 Å². The van der Waals surface area contributed by atoms with Crippen molar-refractivity contribution in [3.63, 3.8) is 0 Å². The zero-order valence-corrected chi connectivity index (χ0v) is 18.9. The van der Waals surface area contributed by atoms with E-state index < -0.39 is 11.7 Å². The molecule has 1 amide bonds. The SMILES string of the molecule is CCOC(=O)Cc1csc(NC(=O)CCC(=O)C(C#N)=C2N(C)c3ccccc3N2C)n1. The predicted molar refractivity (Wildman–Crippen MR) is 121 cm³/mol. The van der Waals surface area contributed by atoms with E-state index >= 15 is 0 Å². The lowest BCUT2D eigenvalue weighted by molar-refractivity contribution is -0.142. The van der Waals surface area contributed by atoms with Crippen LogP contribution in [0.3, 0.4) is 0 Å². The molecule has 166 valence electrons. The van der Waals surface area contributed by atoms with Gasteiger partial charge in [-0.25, -0.2) is 4.98 Å². The summed E-state index contributed by atoms with van der Waals surface area (Å²) < 4.78 is 4.88. The topological polar surface area (TPSA) is 116 Å². The molecule has 2 aromatic rings. The molecule has 0 aliphatic carbocycles. The van der Waals surface area contributed by atoms with E-state index in [1.165, 1.54) is 11.3 Å². The van der Waals surface area contributed by atoms with Crippen molar-refractivity contribution in [3.8, 4) is 6.07 Å². The number of benzene rings is 1. The number of hydrogen-bond donors (Lipinski definition) is 1. The highest BCUT2D eigenvalue weighted by molar-refractivity contribution is 7.13. The van der Waals surface area contributed by atoms with Crippen LogP contribution in [0.15, 0.2) is 41.0 Å². The van der Waals surface area contributed by atoms with Crippen LogP contribution < -0.4 is 15.1 Å². The highest BCUT2D eigenvalue weighted by Crippen LogP contribution is 2.40. The van der Waals surface area contributed by atoms with Gasteiger partial charge < -0.3 is 19.9 Å². The zero-order valence-electron chi connectivity index (χ0n) is 18.0. The lowest BCUT2D eigenvalue weighted by Gasteiger charge is -2.19. The molecule has 1 aliphatic heterocycles. The molecular formula is C22H23N5O4S. The Morgan fingerprint density at radius 3 is 2.41 bits per heavy atom. The van der Waals surface area contributed by atoms with Crippen LogP contribution in [0.25, 0.3) is 0 Å². The van der Waals surface area contributed by atoms with Gasteiger partial charge in [0.1, 0.15) is 17.5 Å². The third-order valence-corrected chi connectivity index (χ3v) is 5.67. The summed E-state index contributed by atoms with van der Waals surface area (Å²) in [6.45, 7) is 2.01. The van der Waals surface area contributed by atoms with E-state index in [0.29, 0.717) is 23.3 Å². The molecule has 1 aromatic carbocycles. The largest absolute Gasteiger partial charge is 0.466 e. The molecule has 32 heavy (non-hydrogen) atoms. The lowest BCUT2D eigenvalue weighted by Crippen LogP contribution is -2.26. The van der Waals surface area contributed by atoms with Crippen LogP contribution in [0.2, 0.25) is 0 Å². The van der Waals surface area contributed by atoms with Gasteiger partial charge in [0, 0.05) is 32.3 Å². The zero-order chi connectivity index (χ0) is 23.3. The van der Waals surface area contributed by atoms with Crippen molar-refractivity contribution in [3.05, 3.63) is 46.7 Å². The van der Waals surface area contributed by atoms with E-state index in [9.17, 15) is 19.6 Å². The average molecular weight is 454 g/mol. The monoisotopic (exact) mass is 453 g/mol. The lowest BCUT2D eigenvalue weighted by atomic mass is 10.1. The molecule has 0 bridgehead atoms. The maximum absolute atomic E-state index is 12.8. The van der Waals surface area contributed by atoms with Gasteiger partial charge in [0.2, 0.25) is 5.91 Å². The van der Waals surface area contributed by atoms with Gasteiger partial charge >= 0.3 is 5.97 Å². The summed E-state index contributed by atoms with van der Waals surface area (Å²) in [4.78, 5) is 44.4. The Morgan fingerprint density at radius 1 is 1.16 bits per heavy atom. The van der Waals surface area contributed by atoms with Crippen molar-refractivity contribution >= 4 is 45.5 Å². The van der Waals surface area contributed by atoms with Crippen molar-refractivity contribution in [1.82, 2.24) is 4.98 Å². The number of rotatable bonds is 8. The second-order valence-corrected chi connectivity index (χ2v) is 7.87. The van der Waals surface area contributed by atoms with Crippen LogP contribution >= 0.6 is 11.3 Å². The molecule has 2 heterocycles. The fraction of sp³-hybridized carbons (Fsp3) is 0.318. The Labute approximate surface area is 189 Å². The van der Waals surface area contributed by atoms with E-state index in [2.05, 4.69) is 10.3 Å². The summed E-state index contributed by atoms with van der Waals surface area (Å²) in [5, 5.41) is 14.3. The van der Waals surface area contributed by atoms with Gasteiger partial charge in [0.05, 0.1) is 30.1 Å². The van der Waals surface area contributed by atoms with E-state index in [1.807, 2.05) is 30.3 Å². The van der Waals surface area contributed by atoms with Crippen molar-refractivity contribution in [2.75, 3.05) is 35.8 Å². The Kier molecular flexibility index (Phi) is 7.22. The summed E-state index contributed by atoms with van der Waals surface area (Å²) in [6, 6.07) is 9.61. The number of amides is 1. The van der Waals surface area contributed by atoms with E-state index in [4.69, 9.17) is 4.74 Å². The minimum absolute atomic E-state index is 0.00460. The number of ketones is 1. The Balaban J connectivity index is 1.61. The number of ether oxygens (including phenoxy) is 1. The molecule has 0 unspecified atom stereocenters. The quantitative estimate of drug-likeness (QED) is 0.369. The number of aromatic nitrogens is 1. The molecule has 1 aromatic heterocycles. The summed E-state index contributed by atoms with van der Waals surface area (Å²) in [5.41, 5.74) is 2.30. The number of fused-ring (bicyclic) bond motifs is 1. The van der Waals surface area contributed by atoms with Crippen molar-refractivity contribution < 1.29 is 19.1 Å². The number of allylic oxidation sites excluding steroid dienone is 1. The number of nitrogens with one attached hydrogen (secondary N) is 1. The summed E-state index contributed by atoms with van der Waals surface area (Å²) in [6.07, 6.45) is -0.178. The number of carbonyl (C=O) groups is 3. The highest BCUT2D eigenvalue weighted by atomic mass is 32.1. The molecule has 0 radical (unpaired) electrons. The number of para-hydroxylation sites is 2. The van der Waals surface area contributed by atoms with Gasteiger partial charge in [-0.1, -0.05) is 12.1 Å². The fourth-order valence-corrected chi connectivity index (χ4v) is 4.12. The Bertz CT molecular complexity index is 1090. The summed E-state index contributed by atoms with van der Waals surface area (Å²) in [5.74, 6) is -0.703. The van der Waals surface area contributed by atoms with Crippen LogP contribution in [0.1, 0.15) is 25.5 Å². The maximum Gasteiger partial charge on any atom is 0.311 e. The van der Waals surface area contributed by atoms with Crippen molar-refractivity contribution in [1.29, 1.82) is 5.26 Å². The van der Waals surface area contributed by atoms with Crippen LogP contribution in [0.5, 0.6) is 0 Å². The van der Waals surface area contributed by atoms with E-state index in [-0.39, 0.29) is 30.8 Å². The van der Waals surface area contributed by atoms with Gasteiger partial charge in [-0.2, -0.15) is 5.26 Å². The number of hydrogen-bond acceptors (Lipinski definition) is 9. The molecule has 1 N–H and O–H groups in total. The molecule has 9 nitrogen and oxygen atoms in total. The number of thiazole rings is 1. The van der Waals surface area contributed by atoms with Crippen molar-refractivity contribution in [2.45, 2.75) is 26.2 Å². The third kappa shape index (κ3) is 4.95. The average Bonchev–Trinajstić information content (AvgIpc) is 3.30. The summed E-state index contributed by atoms with van der Waals surface area (Å²) >= 11 is 1.19. The van der Waals surface area contributed by atoms with Gasteiger partial charge in [-0.05, 0) is 19.1 Å². The minimum Gasteiger partial charge on any atom is -0.466 e. The molecule has 0 saturated heterocycles. The van der Waals surface area contributed by atoms with Crippen LogP contribution in [-0.2, 0) is 25.5 Å². The standard InChI is InChI=1S/C22H23N5O4S/c1-4-31-20(30)11-14-13-32-22(24-14)25-19(29)10-9-18(28)15(12-23)21-26(2)16-7-5-6-8-17(16)27(21)3/h5-8,13H,4,9-11H2,1-3H3,(H,24,25,29).